The average Bonchev–Trinajstić information content (AvgIpc) is 2.22. The Morgan fingerprint density at radius 3 is 2.69 bits per heavy atom. The lowest BCUT2D eigenvalue weighted by molar-refractivity contribution is 0.418. The van der Waals surface area contributed by atoms with Crippen LogP contribution >= 0.6 is 12.4 Å². The summed E-state index contributed by atoms with van der Waals surface area (Å²) < 4.78 is 13.2. The molecule has 0 aliphatic carbocycles. The number of nitrogens with zero attached hydrogens (tertiary/aromatic N) is 1. The van der Waals surface area contributed by atoms with Crippen LogP contribution in [0.25, 0.3) is 0 Å². The first-order chi connectivity index (χ1) is 7.10. The van der Waals surface area contributed by atoms with Gasteiger partial charge < -0.3 is 10.8 Å². The predicted molar refractivity (Wildman–Crippen MR) is 61.9 cm³/mol. The molecular formula is C11H14ClFN2O. The molecule has 3 N–H and O–H groups in total. The quantitative estimate of drug-likeness (QED) is 0.859. The molecule has 3 nitrogen and oxygen atoms in total. The zero-order valence-electron chi connectivity index (χ0n) is 8.90. The molecule has 16 heavy (non-hydrogen) atoms. The van der Waals surface area contributed by atoms with Gasteiger partial charge in [-0.05, 0) is 18.6 Å². The van der Waals surface area contributed by atoms with Crippen molar-refractivity contribution in [3.8, 4) is 11.8 Å². The summed E-state index contributed by atoms with van der Waals surface area (Å²) in [6.07, 6.45) is 1.47. The fourth-order valence-electron chi connectivity index (χ4n) is 1.43. The van der Waals surface area contributed by atoms with Crippen molar-refractivity contribution in [2.45, 2.75) is 25.8 Å². The molecule has 0 aliphatic rings. The lowest BCUT2D eigenvalue weighted by Gasteiger charge is -2.13. The van der Waals surface area contributed by atoms with E-state index in [2.05, 4.69) is 0 Å². The number of hydrogen-bond donors (Lipinski definition) is 2. The molecule has 1 rings (SSSR count). The zero-order chi connectivity index (χ0) is 11.4. The van der Waals surface area contributed by atoms with Crippen LogP contribution in [0.1, 0.15) is 36.9 Å². The third kappa shape index (κ3) is 3.09. The first-order valence-corrected chi connectivity index (χ1v) is 4.78. The number of nitriles is 1. The first kappa shape index (κ1) is 14.7. The monoisotopic (exact) mass is 244 g/mol. The molecule has 0 aromatic heterocycles. The van der Waals surface area contributed by atoms with E-state index in [9.17, 15) is 9.50 Å². The molecule has 5 heteroatoms. The van der Waals surface area contributed by atoms with E-state index in [-0.39, 0.29) is 18.0 Å². The topological polar surface area (TPSA) is 70.0 Å². The molecule has 0 saturated heterocycles. The molecule has 0 saturated carbocycles. The normalized spacial score (nSPS) is 11.4. The minimum absolute atomic E-state index is 0. The Kier molecular flexibility index (Phi) is 5.79. The van der Waals surface area contributed by atoms with Crippen molar-refractivity contribution in [3.05, 3.63) is 29.1 Å². The van der Waals surface area contributed by atoms with E-state index in [1.54, 1.807) is 0 Å². The van der Waals surface area contributed by atoms with Gasteiger partial charge in [0.25, 0.3) is 0 Å². The number of phenols is 1. The molecule has 88 valence electrons. The van der Waals surface area contributed by atoms with Crippen LogP contribution < -0.4 is 5.73 Å². The second-order valence-corrected chi connectivity index (χ2v) is 3.40. The van der Waals surface area contributed by atoms with Crippen molar-refractivity contribution in [2.24, 2.45) is 5.73 Å². The summed E-state index contributed by atoms with van der Waals surface area (Å²) in [5.74, 6) is -1.24. The van der Waals surface area contributed by atoms with Gasteiger partial charge in [-0.2, -0.15) is 5.26 Å². The summed E-state index contributed by atoms with van der Waals surface area (Å²) in [5, 5.41) is 18.1. The molecule has 0 unspecified atom stereocenters. The van der Waals surface area contributed by atoms with Crippen molar-refractivity contribution in [2.75, 3.05) is 0 Å². The SMILES string of the molecule is CCC[C@H](N)c1cc(C#N)cc(F)c1O.Cl. The fourth-order valence-corrected chi connectivity index (χ4v) is 1.43. The molecule has 0 heterocycles. The van der Waals surface area contributed by atoms with Crippen LogP contribution in [0.5, 0.6) is 5.75 Å². The Bertz CT molecular complexity index is 404. The van der Waals surface area contributed by atoms with E-state index in [1.165, 1.54) is 6.07 Å². The van der Waals surface area contributed by atoms with Gasteiger partial charge in [-0.3, -0.25) is 0 Å². The van der Waals surface area contributed by atoms with Gasteiger partial charge >= 0.3 is 0 Å². The highest BCUT2D eigenvalue weighted by Crippen LogP contribution is 2.29. The minimum atomic E-state index is -0.796. The van der Waals surface area contributed by atoms with Gasteiger partial charge in [0.1, 0.15) is 0 Å². The second kappa shape index (κ2) is 6.31. The van der Waals surface area contributed by atoms with Gasteiger partial charge in [-0.1, -0.05) is 13.3 Å². The van der Waals surface area contributed by atoms with E-state index < -0.39 is 17.6 Å². The highest BCUT2D eigenvalue weighted by Gasteiger charge is 2.15. The van der Waals surface area contributed by atoms with Gasteiger partial charge in [0.05, 0.1) is 11.6 Å². The highest BCUT2D eigenvalue weighted by molar-refractivity contribution is 5.85. The standard InChI is InChI=1S/C11H13FN2O.ClH/c1-2-3-10(14)8-4-7(6-13)5-9(12)11(8)15;/h4-5,10,15H,2-3,14H2,1H3;1H/t10-;/m0./s1. The number of aromatic hydroxyl groups is 1. The Morgan fingerprint density at radius 1 is 1.56 bits per heavy atom. The van der Waals surface area contributed by atoms with E-state index in [0.717, 1.165) is 12.5 Å². The van der Waals surface area contributed by atoms with E-state index >= 15 is 0 Å². The molecule has 0 spiro atoms. The van der Waals surface area contributed by atoms with Crippen molar-refractivity contribution in [3.63, 3.8) is 0 Å². The Labute approximate surface area is 100 Å². The Morgan fingerprint density at radius 2 is 2.19 bits per heavy atom. The summed E-state index contributed by atoms with van der Waals surface area (Å²) in [6.45, 7) is 1.95. The maximum atomic E-state index is 13.2. The molecular weight excluding hydrogens is 231 g/mol. The van der Waals surface area contributed by atoms with Crippen molar-refractivity contribution >= 4 is 12.4 Å². The molecule has 0 radical (unpaired) electrons. The summed E-state index contributed by atoms with van der Waals surface area (Å²) in [4.78, 5) is 0. The van der Waals surface area contributed by atoms with E-state index in [1.807, 2.05) is 13.0 Å². The lowest BCUT2D eigenvalue weighted by Crippen LogP contribution is -2.10. The van der Waals surface area contributed by atoms with Gasteiger partial charge in [-0.15, -0.1) is 12.4 Å². The number of rotatable bonds is 3. The van der Waals surface area contributed by atoms with Crippen LogP contribution in [0.4, 0.5) is 4.39 Å². The lowest BCUT2D eigenvalue weighted by atomic mass is 10.00. The molecule has 1 atom stereocenters. The number of nitrogens with two attached hydrogens (primary N) is 1. The third-order valence-electron chi connectivity index (χ3n) is 2.22. The van der Waals surface area contributed by atoms with Crippen molar-refractivity contribution in [1.82, 2.24) is 0 Å². The number of halogens is 2. The molecule has 0 amide bonds. The average molecular weight is 245 g/mol. The van der Waals surface area contributed by atoms with Crippen LogP contribution in [-0.4, -0.2) is 5.11 Å². The first-order valence-electron chi connectivity index (χ1n) is 4.78. The number of phenolic OH excluding ortho intramolecular Hbond substituents is 1. The molecule has 1 aromatic rings. The van der Waals surface area contributed by atoms with Crippen LogP contribution in [0.3, 0.4) is 0 Å². The van der Waals surface area contributed by atoms with Gasteiger partial charge in [-0.25, -0.2) is 4.39 Å². The summed E-state index contributed by atoms with van der Waals surface area (Å²) >= 11 is 0. The second-order valence-electron chi connectivity index (χ2n) is 3.40. The Balaban J connectivity index is 0.00000225. The molecule has 1 aromatic carbocycles. The highest BCUT2D eigenvalue weighted by atomic mass is 35.5. The molecule has 0 fully saturated rings. The van der Waals surface area contributed by atoms with Gasteiger partial charge in [0.15, 0.2) is 11.6 Å². The fraction of sp³-hybridized carbons (Fsp3) is 0.364. The summed E-state index contributed by atoms with van der Waals surface area (Å²) in [6, 6.07) is 3.82. The summed E-state index contributed by atoms with van der Waals surface area (Å²) in [5.41, 5.74) is 6.24. The largest absolute Gasteiger partial charge is 0.505 e. The number of benzene rings is 1. The molecule has 0 aliphatic heterocycles. The Hall–Kier alpha value is -1.31. The van der Waals surface area contributed by atoms with E-state index in [0.29, 0.717) is 12.0 Å². The van der Waals surface area contributed by atoms with Gasteiger partial charge in [0.2, 0.25) is 0 Å². The van der Waals surface area contributed by atoms with Crippen LogP contribution in [0.15, 0.2) is 12.1 Å². The number of hydrogen-bond acceptors (Lipinski definition) is 3. The predicted octanol–water partition coefficient (Wildman–Crippen LogP) is 2.62. The van der Waals surface area contributed by atoms with Crippen LogP contribution in [-0.2, 0) is 0 Å². The third-order valence-corrected chi connectivity index (χ3v) is 2.22. The molecule has 0 bridgehead atoms. The van der Waals surface area contributed by atoms with Crippen LogP contribution in [0.2, 0.25) is 0 Å². The smallest absolute Gasteiger partial charge is 0.166 e. The maximum Gasteiger partial charge on any atom is 0.166 e. The van der Waals surface area contributed by atoms with E-state index in [4.69, 9.17) is 11.0 Å². The summed E-state index contributed by atoms with van der Waals surface area (Å²) in [7, 11) is 0. The maximum absolute atomic E-state index is 13.2. The van der Waals surface area contributed by atoms with Crippen LogP contribution in [0, 0.1) is 17.1 Å². The van der Waals surface area contributed by atoms with Crippen molar-refractivity contribution < 1.29 is 9.50 Å². The minimum Gasteiger partial charge on any atom is -0.505 e. The zero-order valence-corrected chi connectivity index (χ0v) is 9.72. The van der Waals surface area contributed by atoms with Gasteiger partial charge in [0, 0.05) is 11.6 Å². The van der Waals surface area contributed by atoms with Crippen molar-refractivity contribution in [1.29, 1.82) is 5.26 Å².